The number of hydrogen-bond acceptors (Lipinski definition) is 2. The van der Waals surface area contributed by atoms with E-state index in [0.29, 0.717) is 0 Å². The molecule has 1 N–H and O–H groups in total. The number of aromatic amines is 1. The topological polar surface area (TPSA) is 45.8 Å². The van der Waals surface area contributed by atoms with Crippen molar-refractivity contribution in [2.75, 3.05) is 0 Å². The van der Waals surface area contributed by atoms with Gasteiger partial charge in [0.05, 0.1) is 16.6 Å². The number of aryl methyl sites for hydroxylation is 1. The van der Waals surface area contributed by atoms with E-state index in [1.54, 1.807) is 6.20 Å². The van der Waals surface area contributed by atoms with Crippen LogP contribution in [0, 0.1) is 0 Å². The second-order valence-corrected chi connectivity index (χ2v) is 4.09. The Balaban J connectivity index is 2.41. The second kappa shape index (κ2) is 3.01. The van der Waals surface area contributed by atoms with Gasteiger partial charge in [0.1, 0.15) is 0 Å². The van der Waals surface area contributed by atoms with Crippen molar-refractivity contribution >= 4 is 21.7 Å². The largest absolute Gasteiger partial charge is 0.293 e. The normalized spacial score (nSPS) is 23.4. The summed E-state index contributed by atoms with van der Waals surface area (Å²) in [6, 6.07) is 0. The molecule has 0 saturated heterocycles. The summed E-state index contributed by atoms with van der Waals surface area (Å²) >= 11 is 3.37. The molecule has 0 fully saturated rings. The summed E-state index contributed by atoms with van der Waals surface area (Å²) in [5.74, 6) is 0.163. The number of nitrogens with zero attached hydrogens (tertiary/aromatic N) is 1. The summed E-state index contributed by atoms with van der Waals surface area (Å²) < 4.78 is 0. The molecule has 0 saturated carbocycles. The third-order valence-electron chi connectivity index (χ3n) is 2.15. The maximum atomic E-state index is 11.6. The van der Waals surface area contributed by atoms with Crippen molar-refractivity contribution < 1.29 is 4.79 Å². The summed E-state index contributed by atoms with van der Waals surface area (Å²) in [4.78, 5) is 11.6. The number of carbonyl (C=O) groups is 1. The maximum absolute atomic E-state index is 11.6. The second-order valence-electron chi connectivity index (χ2n) is 2.99. The van der Waals surface area contributed by atoms with Crippen molar-refractivity contribution in [1.29, 1.82) is 0 Å². The van der Waals surface area contributed by atoms with Crippen LogP contribution >= 0.6 is 15.9 Å². The Morgan fingerprint density at radius 1 is 1.67 bits per heavy atom. The highest BCUT2D eigenvalue weighted by Crippen LogP contribution is 2.22. The molecule has 0 aromatic carbocycles. The quantitative estimate of drug-likeness (QED) is 0.543. The van der Waals surface area contributed by atoms with E-state index < -0.39 is 0 Å². The summed E-state index contributed by atoms with van der Waals surface area (Å²) in [6.07, 6.45) is 4.51. The minimum absolute atomic E-state index is 0.0173. The molecule has 2 rings (SSSR count). The Bertz CT molecular complexity index is 308. The molecule has 1 aliphatic carbocycles. The van der Waals surface area contributed by atoms with Crippen molar-refractivity contribution in [1.82, 2.24) is 10.2 Å². The zero-order chi connectivity index (χ0) is 8.55. The van der Waals surface area contributed by atoms with Crippen molar-refractivity contribution in [3.05, 3.63) is 17.5 Å². The van der Waals surface area contributed by atoms with Crippen LogP contribution in [0.5, 0.6) is 0 Å². The highest BCUT2D eigenvalue weighted by atomic mass is 79.9. The molecule has 64 valence electrons. The van der Waals surface area contributed by atoms with Crippen LogP contribution in [-0.4, -0.2) is 20.8 Å². The first-order chi connectivity index (χ1) is 5.79. The third kappa shape index (κ3) is 1.20. The molecule has 12 heavy (non-hydrogen) atoms. The van der Waals surface area contributed by atoms with Gasteiger partial charge in [0, 0.05) is 5.69 Å². The lowest BCUT2D eigenvalue weighted by Crippen LogP contribution is -2.11. The predicted molar refractivity (Wildman–Crippen MR) is 48.6 cm³/mol. The van der Waals surface area contributed by atoms with E-state index in [4.69, 9.17) is 0 Å². The van der Waals surface area contributed by atoms with Crippen molar-refractivity contribution in [2.24, 2.45) is 0 Å². The molecule has 1 aromatic rings. The molecule has 0 radical (unpaired) electrons. The molecule has 4 heteroatoms. The number of ketones is 1. The summed E-state index contributed by atoms with van der Waals surface area (Å²) in [7, 11) is 0. The SMILES string of the molecule is O=C1c2cn[nH]c2CCCC1Br. The monoisotopic (exact) mass is 228 g/mol. The highest BCUT2D eigenvalue weighted by Gasteiger charge is 2.24. The first-order valence-electron chi connectivity index (χ1n) is 3.99. The molecule has 1 atom stereocenters. The molecule has 0 spiro atoms. The summed E-state index contributed by atoms with van der Waals surface area (Å²) in [6.45, 7) is 0. The van der Waals surface area contributed by atoms with Crippen LogP contribution in [0.25, 0.3) is 0 Å². The smallest absolute Gasteiger partial charge is 0.179 e. The average molecular weight is 229 g/mol. The van der Waals surface area contributed by atoms with E-state index >= 15 is 0 Å². The van der Waals surface area contributed by atoms with Gasteiger partial charge in [-0.25, -0.2) is 0 Å². The van der Waals surface area contributed by atoms with E-state index in [0.717, 1.165) is 30.5 Å². The first kappa shape index (κ1) is 7.98. The number of alkyl halides is 1. The molecule has 0 amide bonds. The molecule has 0 bridgehead atoms. The van der Waals surface area contributed by atoms with Crippen LogP contribution in [0.3, 0.4) is 0 Å². The van der Waals surface area contributed by atoms with Crippen LogP contribution in [0.1, 0.15) is 28.9 Å². The Morgan fingerprint density at radius 2 is 2.50 bits per heavy atom. The fraction of sp³-hybridized carbons (Fsp3) is 0.500. The van der Waals surface area contributed by atoms with Gasteiger partial charge in [-0.05, 0) is 19.3 Å². The molecular formula is C8H9BrN2O. The van der Waals surface area contributed by atoms with Gasteiger partial charge >= 0.3 is 0 Å². The molecule has 3 nitrogen and oxygen atoms in total. The van der Waals surface area contributed by atoms with Gasteiger partial charge in [0.2, 0.25) is 0 Å². The van der Waals surface area contributed by atoms with Gasteiger partial charge in [-0.1, -0.05) is 15.9 Å². The van der Waals surface area contributed by atoms with E-state index in [-0.39, 0.29) is 10.6 Å². The fourth-order valence-corrected chi connectivity index (χ4v) is 2.04. The number of fused-ring (bicyclic) bond motifs is 1. The number of halogens is 1. The molecular weight excluding hydrogens is 220 g/mol. The van der Waals surface area contributed by atoms with E-state index in [9.17, 15) is 4.79 Å². The van der Waals surface area contributed by atoms with Crippen molar-refractivity contribution in [2.45, 2.75) is 24.1 Å². The Kier molecular flexibility index (Phi) is 2.00. The predicted octanol–water partition coefficient (Wildman–Crippen LogP) is 1.69. The van der Waals surface area contributed by atoms with Gasteiger partial charge in [-0.15, -0.1) is 0 Å². The van der Waals surface area contributed by atoms with Crippen LogP contribution in [0.4, 0.5) is 0 Å². The summed E-state index contributed by atoms with van der Waals surface area (Å²) in [5.41, 5.74) is 1.75. The number of aromatic nitrogens is 2. The van der Waals surface area contributed by atoms with Crippen LogP contribution in [-0.2, 0) is 6.42 Å². The standard InChI is InChI=1S/C8H9BrN2O/c9-6-2-1-3-7-5(8(6)12)4-10-11-7/h4,6H,1-3H2,(H,10,11). The van der Waals surface area contributed by atoms with Gasteiger partial charge < -0.3 is 0 Å². The van der Waals surface area contributed by atoms with Gasteiger partial charge in [0.15, 0.2) is 5.78 Å². The summed E-state index contributed by atoms with van der Waals surface area (Å²) in [5, 5.41) is 6.72. The highest BCUT2D eigenvalue weighted by molar-refractivity contribution is 9.10. The Hall–Kier alpha value is -0.640. The minimum atomic E-state index is -0.0173. The number of rotatable bonds is 0. The lowest BCUT2D eigenvalue weighted by atomic mass is 10.1. The first-order valence-corrected chi connectivity index (χ1v) is 4.91. The van der Waals surface area contributed by atoms with Gasteiger partial charge in [0.25, 0.3) is 0 Å². The number of hydrogen-bond donors (Lipinski definition) is 1. The van der Waals surface area contributed by atoms with E-state index in [2.05, 4.69) is 26.1 Å². The zero-order valence-corrected chi connectivity index (χ0v) is 8.10. The van der Waals surface area contributed by atoms with Crippen molar-refractivity contribution in [3.8, 4) is 0 Å². The molecule has 1 aromatic heterocycles. The number of carbonyl (C=O) groups excluding carboxylic acids is 1. The minimum Gasteiger partial charge on any atom is -0.293 e. The van der Waals surface area contributed by atoms with Gasteiger partial charge in [-0.2, -0.15) is 5.10 Å². The lowest BCUT2D eigenvalue weighted by molar-refractivity contribution is 0.0990. The lowest BCUT2D eigenvalue weighted by Gasteiger charge is -2.01. The number of Topliss-reactive ketones (excluding diaryl/α,β-unsaturated/α-hetero) is 1. The maximum Gasteiger partial charge on any atom is 0.179 e. The van der Waals surface area contributed by atoms with Crippen LogP contribution in [0.2, 0.25) is 0 Å². The van der Waals surface area contributed by atoms with Crippen LogP contribution < -0.4 is 0 Å². The fourth-order valence-electron chi connectivity index (χ4n) is 1.47. The third-order valence-corrected chi connectivity index (χ3v) is 3.03. The Morgan fingerprint density at radius 3 is 3.33 bits per heavy atom. The van der Waals surface area contributed by atoms with Crippen molar-refractivity contribution in [3.63, 3.8) is 0 Å². The van der Waals surface area contributed by atoms with Gasteiger partial charge in [-0.3, -0.25) is 9.89 Å². The Labute approximate surface area is 78.7 Å². The van der Waals surface area contributed by atoms with E-state index in [1.165, 1.54) is 0 Å². The van der Waals surface area contributed by atoms with Crippen LogP contribution in [0.15, 0.2) is 6.20 Å². The molecule has 1 unspecified atom stereocenters. The number of H-pyrrole nitrogens is 1. The zero-order valence-electron chi connectivity index (χ0n) is 6.51. The molecule has 0 aliphatic heterocycles. The molecule has 1 heterocycles. The van der Waals surface area contributed by atoms with E-state index in [1.807, 2.05) is 0 Å². The molecule has 1 aliphatic rings. The number of nitrogens with one attached hydrogen (secondary N) is 1. The average Bonchev–Trinajstić information content (AvgIpc) is 2.46.